The van der Waals surface area contributed by atoms with Gasteiger partial charge in [0.2, 0.25) is 0 Å². The van der Waals surface area contributed by atoms with Gasteiger partial charge in [0.25, 0.3) is 0 Å². The average molecular weight is 382 g/mol. The topological polar surface area (TPSA) is 180 Å². The fraction of sp³-hybridized carbons (Fsp3) is 1.00. The zero-order valence-electron chi connectivity index (χ0n) is 14.4. The number of hydrogen-bond donors (Lipinski definition) is 8. The molecule has 2 fully saturated rings. The van der Waals surface area contributed by atoms with Crippen molar-refractivity contribution in [1.82, 2.24) is 0 Å². The van der Waals surface area contributed by atoms with Crippen molar-refractivity contribution in [2.24, 2.45) is 0 Å². The smallest absolute Gasteiger partial charge is 0.111 e. The molecule has 2 heterocycles. The van der Waals surface area contributed by atoms with Crippen molar-refractivity contribution in [2.75, 3.05) is 13.2 Å². The van der Waals surface area contributed by atoms with Gasteiger partial charge in [-0.1, -0.05) is 12.8 Å². The third-order valence-corrected chi connectivity index (χ3v) is 5.21. The minimum atomic E-state index is -1.41. The van der Waals surface area contributed by atoms with Crippen LogP contribution in [0.25, 0.3) is 0 Å². The van der Waals surface area contributed by atoms with E-state index in [4.69, 9.17) is 19.7 Å². The highest BCUT2D eigenvalue weighted by Crippen LogP contribution is 2.27. The predicted octanol–water partition coefficient (Wildman–Crippen LogP) is -3.77. The van der Waals surface area contributed by atoms with Crippen LogP contribution >= 0.6 is 0 Å². The van der Waals surface area contributed by atoms with Gasteiger partial charge in [0.05, 0.1) is 25.4 Å². The Balaban J connectivity index is 1.79. The van der Waals surface area contributed by atoms with Gasteiger partial charge in [-0.3, -0.25) is 0 Å². The largest absolute Gasteiger partial charge is 0.394 e. The lowest BCUT2D eigenvalue weighted by Gasteiger charge is -2.41. The van der Waals surface area contributed by atoms with Gasteiger partial charge in [-0.2, -0.15) is 0 Å². The van der Waals surface area contributed by atoms with E-state index in [-0.39, 0.29) is 0 Å². The van der Waals surface area contributed by atoms with E-state index in [1.165, 1.54) is 0 Å². The number of aliphatic hydroxyl groups excluding tert-OH is 8. The Bertz CT molecular complexity index is 382. The monoisotopic (exact) mass is 382 g/mol. The quantitative estimate of drug-likeness (QED) is 0.204. The molecule has 2 rings (SSSR count). The molecular weight excluding hydrogens is 352 g/mol. The molecule has 154 valence electrons. The van der Waals surface area contributed by atoms with E-state index in [2.05, 4.69) is 0 Å². The predicted molar refractivity (Wildman–Crippen MR) is 86.0 cm³/mol. The minimum absolute atomic E-state index is 0.346. The minimum Gasteiger partial charge on any atom is -0.394 e. The van der Waals surface area contributed by atoms with Gasteiger partial charge in [0.1, 0.15) is 48.8 Å². The van der Waals surface area contributed by atoms with Gasteiger partial charge in [0.15, 0.2) is 0 Å². The summed E-state index contributed by atoms with van der Waals surface area (Å²) >= 11 is 0. The van der Waals surface area contributed by atoms with E-state index < -0.39 is 74.3 Å². The Kier molecular flexibility index (Phi) is 8.16. The first-order chi connectivity index (χ1) is 12.3. The van der Waals surface area contributed by atoms with Crippen LogP contribution in [-0.4, -0.2) is 115 Å². The van der Waals surface area contributed by atoms with Crippen molar-refractivity contribution in [3.8, 4) is 0 Å². The second-order valence-electron chi connectivity index (χ2n) is 7.02. The lowest BCUT2D eigenvalue weighted by atomic mass is 9.90. The molecule has 26 heavy (non-hydrogen) atoms. The molecule has 8 N–H and O–H groups in total. The molecule has 0 aromatic heterocycles. The summed E-state index contributed by atoms with van der Waals surface area (Å²) in [4.78, 5) is 0. The third-order valence-electron chi connectivity index (χ3n) is 5.21. The van der Waals surface area contributed by atoms with Gasteiger partial charge in [-0.25, -0.2) is 0 Å². The molecule has 2 aliphatic rings. The molecule has 0 aromatic carbocycles. The first-order valence-corrected chi connectivity index (χ1v) is 8.92. The Morgan fingerprint density at radius 2 is 0.769 bits per heavy atom. The fourth-order valence-electron chi connectivity index (χ4n) is 3.53. The van der Waals surface area contributed by atoms with Crippen LogP contribution in [0.5, 0.6) is 0 Å². The second-order valence-corrected chi connectivity index (χ2v) is 7.02. The summed E-state index contributed by atoms with van der Waals surface area (Å²) in [6, 6.07) is 0. The van der Waals surface area contributed by atoms with Gasteiger partial charge < -0.3 is 50.3 Å². The number of rotatable bonds is 7. The Morgan fingerprint density at radius 1 is 0.462 bits per heavy atom. The van der Waals surface area contributed by atoms with E-state index >= 15 is 0 Å². The van der Waals surface area contributed by atoms with E-state index in [1.54, 1.807) is 0 Å². The lowest BCUT2D eigenvalue weighted by Crippen LogP contribution is -2.58. The molecule has 2 aliphatic heterocycles. The molecule has 0 radical (unpaired) electrons. The number of unbranched alkanes of at least 4 members (excludes halogenated alkanes) is 1. The molecule has 0 spiro atoms. The Morgan fingerprint density at radius 3 is 1.08 bits per heavy atom. The maximum Gasteiger partial charge on any atom is 0.111 e. The van der Waals surface area contributed by atoms with E-state index in [0.717, 1.165) is 0 Å². The highest BCUT2D eigenvalue weighted by molar-refractivity contribution is 4.93. The number of hydrogen-bond acceptors (Lipinski definition) is 10. The normalized spacial score (nSPS) is 47.1. The van der Waals surface area contributed by atoms with Crippen molar-refractivity contribution in [2.45, 2.75) is 86.7 Å². The average Bonchev–Trinajstić information content (AvgIpc) is 2.64. The first kappa shape index (κ1) is 21.9. The van der Waals surface area contributed by atoms with Crippen LogP contribution in [0.1, 0.15) is 25.7 Å². The van der Waals surface area contributed by atoms with Crippen LogP contribution in [0.4, 0.5) is 0 Å². The molecule has 10 nitrogen and oxygen atoms in total. The number of ether oxygens (including phenoxy) is 2. The van der Waals surface area contributed by atoms with Crippen molar-refractivity contribution < 1.29 is 50.3 Å². The molecule has 0 unspecified atom stereocenters. The van der Waals surface area contributed by atoms with Crippen LogP contribution < -0.4 is 0 Å². The molecule has 0 aromatic rings. The summed E-state index contributed by atoms with van der Waals surface area (Å²) in [6.45, 7) is -0.960. The highest BCUT2D eigenvalue weighted by Gasteiger charge is 2.44. The van der Waals surface area contributed by atoms with Crippen molar-refractivity contribution in [3.05, 3.63) is 0 Å². The maximum absolute atomic E-state index is 9.97. The van der Waals surface area contributed by atoms with E-state index in [9.17, 15) is 30.6 Å². The van der Waals surface area contributed by atoms with Crippen molar-refractivity contribution in [1.29, 1.82) is 0 Å². The van der Waals surface area contributed by atoms with Crippen LogP contribution in [0.3, 0.4) is 0 Å². The van der Waals surface area contributed by atoms with Crippen molar-refractivity contribution in [3.63, 3.8) is 0 Å². The van der Waals surface area contributed by atoms with Gasteiger partial charge >= 0.3 is 0 Å². The zero-order chi connectivity index (χ0) is 19.4. The second kappa shape index (κ2) is 9.69. The lowest BCUT2D eigenvalue weighted by molar-refractivity contribution is -0.233. The highest BCUT2D eigenvalue weighted by atomic mass is 16.5. The molecule has 2 saturated heterocycles. The molecular formula is C16H30O10. The van der Waals surface area contributed by atoms with Gasteiger partial charge in [-0.05, 0) is 12.8 Å². The third kappa shape index (κ3) is 4.71. The summed E-state index contributed by atoms with van der Waals surface area (Å²) in [6.07, 6.45) is -9.78. The molecule has 0 amide bonds. The molecule has 0 aliphatic carbocycles. The summed E-state index contributed by atoms with van der Waals surface area (Å²) < 4.78 is 10.8. The van der Waals surface area contributed by atoms with Crippen LogP contribution in [0.2, 0.25) is 0 Å². The van der Waals surface area contributed by atoms with Crippen LogP contribution in [-0.2, 0) is 9.47 Å². The van der Waals surface area contributed by atoms with Crippen LogP contribution in [0.15, 0.2) is 0 Å². The zero-order valence-corrected chi connectivity index (χ0v) is 14.4. The first-order valence-electron chi connectivity index (χ1n) is 8.92. The Hall–Kier alpha value is -0.400. The SMILES string of the molecule is OC[C@H]1O[C@H](CCCC[C@H]2O[C@H](CO)[C@@H](O)[C@H](O)[C@@H]2O)[C@@H](O)[C@@H](O)[C@@H]1O. The molecule has 10 heteroatoms. The van der Waals surface area contributed by atoms with E-state index in [1.807, 2.05) is 0 Å². The fourth-order valence-corrected chi connectivity index (χ4v) is 3.53. The summed E-state index contributed by atoms with van der Waals surface area (Å²) in [5.41, 5.74) is 0. The summed E-state index contributed by atoms with van der Waals surface area (Å²) in [7, 11) is 0. The molecule has 10 atom stereocenters. The van der Waals surface area contributed by atoms with Gasteiger partial charge in [-0.15, -0.1) is 0 Å². The van der Waals surface area contributed by atoms with E-state index in [0.29, 0.717) is 25.7 Å². The summed E-state index contributed by atoms with van der Waals surface area (Å²) in [5, 5.41) is 77.3. The van der Waals surface area contributed by atoms with Crippen LogP contribution in [0, 0.1) is 0 Å². The molecule has 0 bridgehead atoms. The standard InChI is InChI=1S/C16H30O10/c17-5-9-13(21)15(23)11(19)7(25-9)3-1-2-4-8-12(20)16(24)14(22)10(6-18)26-8/h7-24H,1-6H2/t7-,8-,9-,10-,11-,12-,13-,14-,15-,16-/m1/s1. The van der Waals surface area contributed by atoms with Gasteiger partial charge in [0, 0.05) is 0 Å². The van der Waals surface area contributed by atoms with Crippen molar-refractivity contribution >= 4 is 0 Å². The maximum atomic E-state index is 9.97. The summed E-state index contributed by atoms with van der Waals surface area (Å²) in [5.74, 6) is 0. The Labute approximate surface area is 151 Å². The number of aliphatic hydroxyl groups is 8. The molecule has 0 saturated carbocycles.